The molecule has 1 aliphatic rings. The molecule has 1 aliphatic heterocycles. The van der Waals surface area contributed by atoms with Crippen LogP contribution in [0.2, 0.25) is 0 Å². The molecule has 1 heterocycles. The maximum Gasteiger partial charge on any atom is 0.264 e. The molecule has 0 atom stereocenters. The van der Waals surface area contributed by atoms with Gasteiger partial charge in [-0.3, -0.25) is 9.63 Å². The number of rotatable bonds is 6. The van der Waals surface area contributed by atoms with E-state index in [0.29, 0.717) is 31.7 Å². The van der Waals surface area contributed by atoms with Gasteiger partial charge in [-0.1, -0.05) is 22.7 Å². The molecule has 0 unspecified atom stereocenters. The maximum atomic E-state index is 12.9. The number of methoxy groups -OCH3 is 1. The molecule has 0 saturated carbocycles. The lowest BCUT2D eigenvalue weighted by molar-refractivity contribution is -0.0258. The first-order valence-corrected chi connectivity index (χ1v) is 10.6. The maximum absolute atomic E-state index is 12.9. The molecule has 1 saturated heterocycles. The highest BCUT2D eigenvalue weighted by atomic mass is 32.2. The number of nitrogens with zero attached hydrogens (tertiary/aromatic N) is 3. The fraction of sp³-hybridized carbons (Fsp3) is 0.350. The van der Waals surface area contributed by atoms with Crippen LogP contribution in [0.4, 0.5) is 5.69 Å². The number of sulfonamides is 1. The lowest BCUT2D eigenvalue weighted by atomic mass is 10.1. The molecule has 0 aliphatic carbocycles. The normalized spacial score (nSPS) is 14.9. The molecule has 156 valence electrons. The molecular formula is C20H25N3O5S. The van der Waals surface area contributed by atoms with E-state index >= 15 is 0 Å². The number of hydroxylamine groups is 1. The molecule has 2 aromatic carbocycles. The van der Waals surface area contributed by atoms with E-state index in [0.717, 1.165) is 15.9 Å². The van der Waals surface area contributed by atoms with Crippen molar-refractivity contribution in [3.63, 3.8) is 0 Å². The van der Waals surface area contributed by atoms with Crippen molar-refractivity contribution >= 4 is 21.6 Å². The number of piperazine rings is 1. The zero-order chi connectivity index (χ0) is 21.0. The monoisotopic (exact) mass is 419 g/mol. The predicted octanol–water partition coefficient (Wildman–Crippen LogP) is 1.84. The van der Waals surface area contributed by atoms with Gasteiger partial charge >= 0.3 is 0 Å². The Morgan fingerprint density at radius 3 is 2.34 bits per heavy atom. The van der Waals surface area contributed by atoms with Gasteiger partial charge in [-0.15, -0.1) is 0 Å². The van der Waals surface area contributed by atoms with Crippen molar-refractivity contribution in [3.8, 4) is 5.75 Å². The Morgan fingerprint density at radius 2 is 1.69 bits per heavy atom. The van der Waals surface area contributed by atoms with Crippen LogP contribution >= 0.6 is 0 Å². The summed E-state index contributed by atoms with van der Waals surface area (Å²) in [7, 11) is 0.408. The van der Waals surface area contributed by atoms with Crippen molar-refractivity contribution < 1.29 is 22.8 Å². The van der Waals surface area contributed by atoms with E-state index < -0.39 is 10.0 Å². The standard InChI is InChI=1S/C20H25N3O5S/c1-21(28-3)29(25,26)17-8-6-7-16(15-17)20(24)23-13-11-22(12-14-23)18-9-4-5-10-19(18)27-2/h4-10,15H,11-14H2,1-3H3. The highest BCUT2D eigenvalue weighted by Gasteiger charge is 2.26. The number of para-hydroxylation sites is 2. The number of amides is 1. The van der Waals surface area contributed by atoms with E-state index in [2.05, 4.69) is 4.90 Å². The van der Waals surface area contributed by atoms with Crippen molar-refractivity contribution in [1.82, 2.24) is 9.37 Å². The molecule has 1 amide bonds. The third-order valence-corrected chi connectivity index (χ3v) is 6.64. The average molecular weight is 420 g/mol. The third kappa shape index (κ3) is 4.36. The molecule has 0 bridgehead atoms. The second-order valence-corrected chi connectivity index (χ2v) is 8.51. The third-order valence-electron chi connectivity index (χ3n) is 4.97. The number of hydrogen-bond acceptors (Lipinski definition) is 6. The van der Waals surface area contributed by atoms with Crippen molar-refractivity contribution in [2.45, 2.75) is 4.90 Å². The van der Waals surface area contributed by atoms with Crippen LogP contribution < -0.4 is 9.64 Å². The molecule has 2 aromatic rings. The minimum atomic E-state index is -3.81. The molecule has 1 fully saturated rings. The summed E-state index contributed by atoms with van der Waals surface area (Å²) >= 11 is 0. The molecule has 0 radical (unpaired) electrons. The minimum absolute atomic E-state index is 0.0142. The summed E-state index contributed by atoms with van der Waals surface area (Å²) in [5, 5.41) is 0. The van der Waals surface area contributed by atoms with Gasteiger partial charge in [-0.25, -0.2) is 8.42 Å². The second kappa shape index (κ2) is 8.81. The summed E-state index contributed by atoms with van der Waals surface area (Å²) in [6, 6.07) is 13.8. The number of hydrogen-bond donors (Lipinski definition) is 0. The molecular weight excluding hydrogens is 394 g/mol. The van der Waals surface area contributed by atoms with Gasteiger partial charge < -0.3 is 14.5 Å². The van der Waals surface area contributed by atoms with E-state index in [1.165, 1.54) is 26.3 Å². The Kier molecular flexibility index (Phi) is 6.41. The van der Waals surface area contributed by atoms with Crippen molar-refractivity contribution in [1.29, 1.82) is 0 Å². The van der Waals surface area contributed by atoms with Crippen LogP contribution in [0.25, 0.3) is 0 Å². The lowest BCUT2D eigenvalue weighted by Gasteiger charge is -2.36. The van der Waals surface area contributed by atoms with Gasteiger partial charge in [0.1, 0.15) is 5.75 Å². The van der Waals surface area contributed by atoms with E-state index in [-0.39, 0.29) is 10.8 Å². The largest absolute Gasteiger partial charge is 0.495 e. The van der Waals surface area contributed by atoms with E-state index in [9.17, 15) is 13.2 Å². The minimum Gasteiger partial charge on any atom is -0.495 e. The van der Waals surface area contributed by atoms with Crippen LogP contribution in [-0.4, -0.2) is 71.1 Å². The molecule has 0 spiro atoms. The molecule has 29 heavy (non-hydrogen) atoms. The second-order valence-electron chi connectivity index (χ2n) is 6.58. The van der Waals surface area contributed by atoms with Crippen molar-refractivity contribution in [3.05, 3.63) is 54.1 Å². The van der Waals surface area contributed by atoms with Crippen LogP contribution in [-0.2, 0) is 14.9 Å². The first-order chi connectivity index (χ1) is 13.9. The van der Waals surface area contributed by atoms with Crippen molar-refractivity contribution in [2.75, 3.05) is 52.3 Å². The summed E-state index contributed by atoms with van der Waals surface area (Å²) in [5.74, 6) is 0.606. The zero-order valence-corrected chi connectivity index (χ0v) is 17.6. The summed E-state index contributed by atoms with van der Waals surface area (Å²) in [4.78, 5) is 21.6. The molecule has 9 heteroatoms. The van der Waals surface area contributed by atoms with Crippen LogP contribution in [0.3, 0.4) is 0 Å². The first-order valence-electron chi connectivity index (χ1n) is 9.19. The summed E-state index contributed by atoms with van der Waals surface area (Å²) in [5.41, 5.74) is 1.33. The number of carbonyl (C=O) groups is 1. The quantitative estimate of drug-likeness (QED) is 0.665. The van der Waals surface area contributed by atoms with Gasteiger partial charge in [0.15, 0.2) is 0 Å². The van der Waals surface area contributed by atoms with Gasteiger partial charge in [0.2, 0.25) is 0 Å². The van der Waals surface area contributed by atoms with Gasteiger partial charge in [-0.05, 0) is 30.3 Å². The summed E-state index contributed by atoms with van der Waals surface area (Å²) < 4.78 is 31.1. The number of benzene rings is 2. The lowest BCUT2D eigenvalue weighted by Crippen LogP contribution is -2.48. The fourth-order valence-corrected chi connectivity index (χ4v) is 4.28. The van der Waals surface area contributed by atoms with Crippen LogP contribution in [0.1, 0.15) is 10.4 Å². The van der Waals surface area contributed by atoms with Crippen LogP contribution in [0.15, 0.2) is 53.4 Å². The van der Waals surface area contributed by atoms with Crippen LogP contribution in [0, 0.1) is 0 Å². The number of carbonyl (C=O) groups excluding carboxylic acids is 1. The summed E-state index contributed by atoms with van der Waals surface area (Å²) in [6.07, 6.45) is 0. The van der Waals surface area contributed by atoms with Crippen molar-refractivity contribution in [2.24, 2.45) is 0 Å². The average Bonchev–Trinajstić information content (AvgIpc) is 2.78. The first kappa shape index (κ1) is 21.1. The molecule has 0 aromatic heterocycles. The number of anilines is 1. The van der Waals surface area contributed by atoms with Gasteiger partial charge in [0, 0.05) is 38.8 Å². The highest BCUT2D eigenvalue weighted by molar-refractivity contribution is 7.89. The van der Waals surface area contributed by atoms with Gasteiger partial charge in [0.25, 0.3) is 15.9 Å². The Morgan fingerprint density at radius 1 is 1.00 bits per heavy atom. The summed E-state index contributed by atoms with van der Waals surface area (Å²) in [6.45, 7) is 2.39. The fourth-order valence-electron chi connectivity index (χ4n) is 3.26. The highest BCUT2D eigenvalue weighted by Crippen LogP contribution is 2.28. The Balaban J connectivity index is 1.72. The smallest absolute Gasteiger partial charge is 0.264 e. The SMILES string of the molecule is COc1ccccc1N1CCN(C(=O)c2cccc(S(=O)(=O)N(C)OC)c2)CC1. The van der Waals surface area contributed by atoms with E-state index in [1.807, 2.05) is 24.3 Å². The molecule has 0 N–H and O–H groups in total. The van der Waals surface area contributed by atoms with E-state index in [4.69, 9.17) is 9.57 Å². The number of ether oxygens (including phenoxy) is 1. The zero-order valence-electron chi connectivity index (χ0n) is 16.7. The van der Waals surface area contributed by atoms with Gasteiger partial charge in [-0.2, -0.15) is 0 Å². The topological polar surface area (TPSA) is 79.4 Å². The molecule has 8 nitrogen and oxygen atoms in total. The van der Waals surface area contributed by atoms with Gasteiger partial charge in [0.05, 0.1) is 24.8 Å². The Labute approximate surface area is 171 Å². The predicted molar refractivity (Wildman–Crippen MR) is 110 cm³/mol. The van der Waals surface area contributed by atoms with Crippen LogP contribution in [0.5, 0.6) is 5.75 Å². The Bertz CT molecular complexity index is 972. The Hall–Kier alpha value is -2.62. The van der Waals surface area contributed by atoms with E-state index in [1.54, 1.807) is 24.1 Å². The molecule has 3 rings (SSSR count).